The monoisotopic (exact) mass is 288 g/mol. The summed E-state index contributed by atoms with van der Waals surface area (Å²) in [6, 6.07) is 16.6. The average Bonchev–Trinajstić information content (AvgIpc) is 2.48. The Balaban J connectivity index is 2.01. The van der Waals surface area contributed by atoms with Crippen LogP contribution in [-0.2, 0) is 0 Å². The lowest BCUT2D eigenvalue weighted by Gasteiger charge is -2.16. The molecule has 0 amide bonds. The molecular formula is C16H20N2OS. The Morgan fingerprint density at radius 1 is 1.20 bits per heavy atom. The van der Waals surface area contributed by atoms with E-state index in [2.05, 4.69) is 36.6 Å². The molecule has 1 unspecified atom stereocenters. The number of aryl methyl sites for hydroxylation is 1. The molecule has 0 aliphatic heterocycles. The number of hydrazine groups is 1. The van der Waals surface area contributed by atoms with Crippen LogP contribution in [0.1, 0.15) is 17.2 Å². The quantitative estimate of drug-likeness (QED) is 0.486. The Kier molecular flexibility index (Phi) is 5.47. The van der Waals surface area contributed by atoms with E-state index in [9.17, 15) is 0 Å². The summed E-state index contributed by atoms with van der Waals surface area (Å²) in [5, 5.41) is 0. The molecule has 2 rings (SSSR count). The third kappa shape index (κ3) is 4.00. The lowest BCUT2D eigenvalue weighted by atomic mass is 10.1. The van der Waals surface area contributed by atoms with Crippen molar-refractivity contribution in [2.24, 2.45) is 5.84 Å². The molecule has 3 nitrogen and oxygen atoms in total. The van der Waals surface area contributed by atoms with Gasteiger partial charge >= 0.3 is 0 Å². The molecule has 0 aliphatic rings. The second-order valence-corrected chi connectivity index (χ2v) is 5.71. The molecule has 0 aliphatic carbocycles. The number of hydrogen-bond donors (Lipinski definition) is 2. The molecule has 4 heteroatoms. The largest absolute Gasteiger partial charge is 0.497 e. The molecule has 0 spiro atoms. The fraction of sp³-hybridized carbons (Fsp3) is 0.250. The molecule has 1 atom stereocenters. The van der Waals surface area contributed by atoms with Crippen molar-refractivity contribution in [3.63, 3.8) is 0 Å². The summed E-state index contributed by atoms with van der Waals surface area (Å²) in [4.78, 5) is 1.26. The number of hydrogen-bond acceptors (Lipinski definition) is 4. The molecule has 0 saturated carbocycles. The maximum atomic E-state index is 5.67. The van der Waals surface area contributed by atoms with Crippen molar-refractivity contribution in [1.82, 2.24) is 5.43 Å². The highest BCUT2D eigenvalue weighted by atomic mass is 32.2. The molecule has 0 saturated heterocycles. The van der Waals surface area contributed by atoms with E-state index in [1.165, 1.54) is 10.5 Å². The van der Waals surface area contributed by atoms with Crippen LogP contribution in [0.5, 0.6) is 5.75 Å². The van der Waals surface area contributed by atoms with E-state index in [4.69, 9.17) is 10.6 Å². The molecule has 2 aromatic carbocycles. The molecule has 0 fully saturated rings. The van der Waals surface area contributed by atoms with E-state index in [0.29, 0.717) is 0 Å². The second-order valence-electron chi connectivity index (χ2n) is 4.62. The molecule has 20 heavy (non-hydrogen) atoms. The Hall–Kier alpha value is -1.49. The summed E-state index contributed by atoms with van der Waals surface area (Å²) in [7, 11) is 1.67. The van der Waals surface area contributed by atoms with E-state index in [-0.39, 0.29) is 6.04 Å². The number of ether oxygens (including phenoxy) is 1. The minimum Gasteiger partial charge on any atom is -0.497 e. The first-order valence-electron chi connectivity index (χ1n) is 6.52. The van der Waals surface area contributed by atoms with Crippen LogP contribution in [0.3, 0.4) is 0 Å². The Morgan fingerprint density at radius 2 is 1.95 bits per heavy atom. The van der Waals surface area contributed by atoms with Crippen LogP contribution < -0.4 is 16.0 Å². The zero-order chi connectivity index (χ0) is 14.4. The third-order valence-corrected chi connectivity index (χ3v) is 4.21. The van der Waals surface area contributed by atoms with Crippen LogP contribution in [0.15, 0.2) is 53.4 Å². The van der Waals surface area contributed by atoms with Crippen molar-refractivity contribution in [2.45, 2.75) is 17.9 Å². The average molecular weight is 288 g/mol. The van der Waals surface area contributed by atoms with Gasteiger partial charge in [-0.05, 0) is 36.8 Å². The smallest absolute Gasteiger partial charge is 0.118 e. The summed E-state index contributed by atoms with van der Waals surface area (Å²) < 4.78 is 5.17. The Morgan fingerprint density at radius 3 is 2.55 bits per heavy atom. The number of benzene rings is 2. The van der Waals surface area contributed by atoms with Crippen LogP contribution in [0, 0.1) is 6.92 Å². The Bertz CT molecular complexity index is 542. The van der Waals surface area contributed by atoms with E-state index >= 15 is 0 Å². The van der Waals surface area contributed by atoms with Crippen molar-refractivity contribution in [2.75, 3.05) is 12.9 Å². The third-order valence-electron chi connectivity index (χ3n) is 3.13. The summed E-state index contributed by atoms with van der Waals surface area (Å²) in [5.41, 5.74) is 5.31. The number of nitrogens with two attached hydrogens (primary N) is 1. The minimum absolute atomic E-state index is 0.117. The van der Waals surface area contributed by atoms with Crippen LogP contribution >= 0.6 is 11.8 Å². The number of methoxy groups -OCH3 is 1. The van der Waals surface area contributed by atoms with Gasteiger partial charge in [-0.3, -0.25) is 11.3 Å². The first-order valence-corrected chi connectivity index (χ1v) is 7.51. The molecule has 3 N–H and O–H groups in total. The maximum Gasteiger partial charge on any atom is 0.118 e. The molecule has 0 aromatic heterocycles. The van der Waals surface area contributed by atoms with Gasteiger partial charge in [0.2, 0.25) is 0 Å². The van der Waals surface area contributed by atoms with Gasteiger partial charge in [0, 0.05) is 10.6 Å². The van der Waals surface area contributed by atoms with Gasteiger partial charge in [-0.15, -0.1) is 11.8 Å². The summed E-state index contributed by atoms with van der Waals surface area (Å²) in [5.74, 6) is 7.41. The van der Waals surface area contributed by atoms with Crippen LogP contribution in [0.25, 0.3) is 0 Å². The zero-order valence-corrected chi connectivity index (χ0v) is 12.6. The summed E-state index contributed by atoms with van der Waals surface area (Å²) in [6.45, 7) is 2.10. The second kappa shape index (κ2) is 7.33. The molecular weight excluding hydrogens is 268 g/mol. The van der Waals surface area contributed by atoms with Crippen molar-refractivity contribution >= 4 is 11.8 Å². The number of rotatable bonds is 6. The van der Waals surface area contributed by atoms with Crippen molar-refractivity contribution in [3.8, 4) is 5.75 Å². The van der Waals surface area contributed by atoms with Gasteiger partial charge < -0.3 is 4.74 Å². The zero-order valence-electron chi connectivity index (χ0n) is 11.8. The van der Waals surface area contributed by atoms with Gasteiger partial charge in [0.05, 0.1) is 13.2 Å². The lowest BCUT2D eigenvalue weighted by molar-refractivity contribution is 0.414. The van der Waals surface area contributed by atoms with Gasteiger partial charge in [0.15, 0.2) is 0 Å². The van der Waals surface area contributed by atoms with Crippen molar-refractivity contribution < 1.29 is 4.74 Å². The van der Waals surface area contributed by atoms with Gasteiger partial charge in [-0.2, -0.15) is 0 Å². The predicted molar refractivity (Wildman–Crippen MR) is 85.0 cm³/mol. The molecule has 0 bridgehead atoms. The van der Waals surface area contributed by atoms with E-state index in [0.717, 1.165) is 17.1 Å². The fourth-order valence-electron chi connectivity index (χ4n) is 1.96. The summed E-state index contributed by atoms with van der Waals surface area (Å²) >= 11 is 1.80. The van der Waals surface area contributed by atoms with Crippen LogP contribution in [0.4, 0.5) is 0 Å². The van der Waals surface area contributed by atoms with E-state index < -0.39 is 0 Å². The van der Waals surface area contributed by atoms with Gasteiger partial charge in [-0.1, -0.05) is 29.8 Å². The highest BCUT2D eigenvalue weighted by Gasteiger charge is 2.10. The highest BCUT2D eigenvalue weighted by molar-refractivity contribution is 7.99. The highest BCUT2D eigenvalue weighted by Crippen LogP contribution is 2.26. The predicted octanol–water partition coefficient (Wildman–Crippen LogP) is 3.30. The molecule has 0 radical (unpaired) electrons. The van der Waals surface area contributed by atoms with E-state index in [1.54, 1.807) is 18.9 Å². The van der Waals surface area contributed by atoms with E-state index in [1.807, 2.05) is 24.3 Å². The minimum atomic E-state index is 0.117. The maximum absolute atomic E-state index is 5.67. The lowest BCUT2D eigenvalue weighted by Crippen LogP contribution is -2.29. The standard InChI is InChI=1S/C16H20N2OS/c1-12-4-3-5-15(10-12)20-11-16(18-17)13-6-8-14(19-2)9-7-13/h3-10,16,18H,11,17H2,1-2H3. The fourth-order valence-corrected chi connectivity index (χ4v) is 3.05. The van der Waals surface area contributed by atoms with Gasteiger partial charge in [0.25, 0.3) is 0 Å². The first kappa shape index (κ1) is 14.9. The SMILES string of the molecule is COc1ccc(C(CSc2cccc(C)c2)NN)cc1. The topological polar surface area (TPSA) is 47.3 Å². The van der Waals surface area contributed by atoms with Crippen molar-refractivity contribution in [3.05, 3.63) is 59.7 Å². The normalized spacial score (nSPS) is 12.2. The van der Waals surface area contributed by atoms with Gasteiger partial charge in [-0.25, -0.2) is 0 Å². The van der Waals surface area contributed by atoms with Crippen LogP contribution in [-0.4, -0.2) is 12.9 Å². The van der Waals surface area contributed by atoms with Crippen molar-refractivity contribution in [1.29, 1.82) is 0 Å². The molecule has 0 heterocycles. The number of nitrogens with one attached hydrogen (secondary N) is 1. The summed E-state index contributed by atoms with van der Waals surface area (Å²) in [6.07, 6.45) is 0. The molecule has 2 aromatic rings. The van der Waals surface area contributed by atoms with Crippen LogP contribution in [0.2, 0.25) is 0 Å². The van der Waals surface area contributed by atoms with Gasteiger partial charge in [0.1, 0.15) is 5.75 Å². The molecule has 106 valence electrons. The number of thioether (sulfide) groups is 1. The first-order chi connectivity index (χ1) is 9.72. The Labute approximate surface area is 124 Å².